The first-order valence-electron chi connectivity index (χ1n) is 11.3. The Balaban J connectivity index is 1.49. The lowest BCUT2D eigenvalue weighted by atomic mass is 10.2. The van der Waals surface area contributed by atoms with Crippen LogP contribution in [0.3, 0.4) is 0 Å². The van der Waals surface area contributed by atoms with Crippen molar-refractivity contribution in [3.8, 4) is 0 Å². The van der Waals surface area contributed by atoms with Gasteiger partial charge in [0, 0.05) is 49.8 Å². The Morgan fingerprint density at radius 2 is 1.69 bits per heavy atom. The zero-order valence-corrected chi connectivity index (χ0v) is 21.2. The van der Waals surface area contributed by atoms with Crippen molar-refractivity contribution in [2.24, 2.45) is 4.99 Å². The Hall–Kier alpha value is -3.14. The zero-order chi connectivity index (χ0) is 24.8. The number of aryl methyl sites for hydroxylation is 2. The molecule has 182 valence electrons. The minimum Gasteiger partial charge on any atom is -0.340 e. The Bertz CT molecular complexity index is 1190. The van der Waals surface area contributed by atoms with Crippen LogP contribution in [-0.4, -0.2) is 57.0 Å². The fraction of sp³-hybridized carbons (Fsp3) is 0.280. The molecule has 0 unspecified atom stereocenters. The molecule has 10 heteroatoms. The normalized spacial score (nSPS) is 14.6. The highest BCUT2D eigenvalue weighted by atomic mass is 35.5. The molecule has 1 saturated heterocycles. The SMILES string of the molecule is Cc1cc(C)nc(N/C(=N/C(=S)Nc2ccc(F)c(Cl)c2)N2CCN(Cc3ccccc3)CC2)n1. The first kappa shape index (κ1) is 25.0. The van der Waals surface area contributed by atoms with E-state index in [1.807, 2.05) is 26.0 Å². The van der Waals surface area contributed by atoms with E-state index in [2.05, 4.69) is 59.7 Å². The van der Waals surface area contributed by atoms with Gasteiger partial charge in [0.15, 0.2) is 0 Å². The molecule has 1 fully saturated rings. The number of nitrogens with one attached hydrogen (secondary N) is 2. The van der Waals surface area contributed by atoms with E-state index in [-0.39, 0.29) is 10.1 Å². The number of nitrogens with zero attached hydrogens (tertiary/aromatic N) is 5. The van der Waals surface area contributed by atoms with E-state index < -0.39 is 5.82 Å². The van der Waals surface area contributed by atoms with Gasteiger partial charge in [-0.3, -0.25) is 10.2 Å². The molecule has 0 bridgehead atoms. The summed E-state index contributed by atoms with van der Waals surface area (Å²) in [6.45, 7) is 8.00. The summed E-state index contributed by atoms with van der Waals surface area (Å²) in [6.07, 6.45) is 0. The molecule has 1 aliphatic rings. The molecule has 7 nitrogen and oxygen atoms in total. The first-order valence-corrected chi connectivity index (χ1v) is 12.1. The van der Waals surface area contributed by atoms with E-state index in [0.717, 1.165) is 44.1 Å². The van der Waals surface area contributed by atoms with Crippen molar-refractivity contribution in [3.05, 3.63) is 82.4 Å². The Labute approximate surface area is 215 Å². The molecule has 0 saturated carbocycles. The fourth-order valence-electron chi connectivity index (χ4n) is 3.84. The summed E-state index contributed by atoms with van der Waals surface area (Å²) < 4.78 is 13.5. The molecule has 0 aliphatic carbocycles. The average molecular weight is 512 g/mol. The number of hydrogen-bond donors (Lipinski definition) is 2. The lowest BCUT2D eigenvalue weighted by Gasteiger charge is -2.36. The highest BCUT2D eigenvalue weighted by Crippen LogP contribution is 2.19. The molecule has 2 N–H and O–H groups in total. The van der Waals surface area contributed by atoms with Crippen LogP contribution in [-0.2, 0) is 6.54 Å². The molecule has 35 heavy (non-hydrogen) atoms. The molecule has 3 aromatic rings. The molecular weight excluding hydrogens is 485 g/mol. The Kier molecular flexibility index (Phi) is 8.22. The van der Waals surface area contributed by atoms with E-state index in [9.17, 15) is 4.39 Å². The molecule has 1 aliphatic heterocycles. The van der Waals surface area contributed by atoms with E-state index in [0.29, 0.717) is 17.6 Å². The molecule has 2 aromatic carbocycles. The lowest BCUT2D eigenvalue weighted by molar-refractivity contribution is 0.175. The van der Waals surface area contributed by atoms with Crippen LogP contribution in [0.1, 0.15) is 17.0 Å². The summed E-state index contributed by atoms with van der Waals surface area (Å²) >= 11 is 11.4. The van der Waals surface area contributed by atoms with Gasteiger partial charge in [-0.25, -0.2) is 14.4 Å². The van der Waals surface area contributed by atoms with Gasteiger partial charge in [0.25, 0.3) is 0 Å². The minimum atomic E-state index is -0.491. The molecule has 0 atom stereocenters. The smallest absolute Gasteiger partial charge is 0.229 e. The highest BCUT2D eigenvalue weighted by molar-refractivity contribution is 7.80. The number of hydrogen-bond acceptors (Lipinski definition) is 4. The van der Waals surface area contributed by atoms with Gasteiger partial charge in [-0.15, -0.1) is 0 Å². The van der Waals surface area contributed by atoms with Crippen molar-refractivity contribution < 1.29 is 4.39 Å². The lowest BCUT2D eigenvalue weighted by Crippen LogP contribution is -2.50. The van der Waals surface area contributed by atoms with Crippen molar-refractivity contribution in [3.63, 3.8) is 0 Å². The monoisotopic (exact) mass is 511 g/mol. The number of piperazine rings is 1. The number of aliphatic imine (C=N–C) groups is 1. The second-order valence-electron chi connectivity index (χ2n) is 8.34. The van der Waals surface area contributed by atoms with Gasteiger partial charge in [-0.05, 0) is 55.9 Å². The number of thiocarbonyl (C=S) groups is 1. The standard InChI is InChI=1S/C25H27ClFN7S/c1-17-14-18(2)29-23(28-17)31-24(32-25(35)30-20-8-9-22(27)21(26)15-20)34-12-10-33(11-13-34)16-19-6-4-3-5-7-19/h3-9,14-15H,10-13,16H2,1-2H3,(H2,28,29,30,31,32,35). The molecule has 0 radical (unpaired) electrons. The van der Waals surface area contributed by atoms with Crippen LogP contribution in [0.4, 0.5) is 16.0 Å². The van der Waals surface area contributed by atoms with Gasteiger partial charge < -0.3 is 10.2 Å². The molecule has 2 heterocycles. The second kappa shape index (κ2) is 11.5. The number of guanidine groups is 1. The van der Waals surface area contributed by atoms with Gasteiger partial charge in [0.05, 0.1) is 5.02 Å². The van der Waals surface area contributed by atoms with Gasteiger partial charge in [-0.2, -0.15) is 4.99 Å². The summed E-state index contributed by atoms with van der Waals surface area (Å²) in [6, 6.07) is 16.7. The topological polar surface area (TPSA) is 68.7 Å². The van der Waals surface area contributed by atoms with E-state index in [4.69, 9.17) is 23.8 Å². The third kappa shape index (κ3) is 7.17. The van der Waals surface area contributed by atoms with Crippen molar-refractivity contribution in [2.75, 3.05) is 36.8 Å². The van der Waals surface area contributed by atoms with Crippen molar-refractivity contribution >= 4 is 46.5 Å². The van der Waals surface area contributed by atoms with Crippen molar-refractivity contribution in [1.29, 1.82) is 0 Å². The summed E-state index contributed by atoms with van der Waals surface area (Å²) in [5.41, 5.74) is 3.56. The minimum absolute atomic E-state index is 0.0123. The summed E-state index contributed by atoms with van der Waals surface area (Å²) in [5.74, 6) is 0.523. The molecule has 4 rings (SSSR count). The third-order valence-electron chi connectivity index (χ3n) is 5.51. The van der Waals surface area contributed by atoms with E-state index in [1.54, 1.807) is 6.07 Å². The van der Waals surface area contributed by atoms with Crippen LogP contribution >= 0.6 is 23.8 Å². The number of anilines is 2. The first-order chi connectivity index (χ1) is 16.9. The predicted molar refractivity (Wildman–Crippen MR) is 143 cm³/mol. The van der Waals surface area contributed by atoms with Crippen LogP contribution in [0.2, 0.25) is 5.02 Å². The maximum Gasteiger partial charge on any atom is 0.229 e. The number of benzene rings is 2. The maximum atomic E-state index is 13.5. The quantitative estimate of drug-likeness (QED) is 0.294. The molecule has 0 spiro atoms. The van der Waals surface area contributed by atoms with Gasteiger partial charge >= 0.3 is 0 Å². The van der Waals surface area contributed by atoms with Crippen molar-refractivity contribution in [2.45, 2.75) is 20.4 Å². The second-order valence-corrected chi connectivity index (χ2v) is 9.14. The molecular formula is C25H27ClFN7S. The largest absolute Gasteiger partial charge is 0.340 e. The highest BCUT2D eigenvalue weighted by Gasteiger charge is 2.21. The van der Waals surface area contributed by atoms with Gasteiger partial charge in [0.2, 0.25) is 17.0 Å². The Morgan fingerprint density at radius 1 is 1.00 bits per heavy atom. The number of aromatic nitrogens is 2. The van der Waals surface area contributed by atoms with Crippen LogP contribution in [0.15, 0.2) is 59.6 Å². The van der Waals surface area contributed by atoms with E-state index >= 15 is 0 Å². The summed E-state index contributed by atoms with van der Waals surface area (Å²) in [4.78, 5) is 18.1. The van der Waals surface area contributed by atoms with Crippen LogP contribution < -0.4 is 10.6 Å². The van der Waals surface area contributed by atoms with Crippen LogP contribution in [0.25, 0.3) is 0 Å². The number of halogens is 2. The van der Waals surface area contributed by atoms with Crippen molar-refractivity contribution in [1.82, 2.24) is 19.8 Å². The zero-order valence-electron chi connectivity index (χ0n) is 19.6. The van der Waals surface area contributed by atoms with Gasteiger partial charge in [-0.1, -0.05) is 41.9 Å². The Morgan fingerprint density at radius 3 is 2.34 bits per heavy atom. The van der Waals surface area contributed by atoms with E-state index in [1.165, 1.54) is 17.7 Å². The summed E-state index contributed by atoms with van der Waals surface area (Å²) in [7, 11) is 0. The molecule has 1 aromatic heterocycles. The maximum absolute atomic E-state index is 13.5. The fourth-order valence-corrected chi connectivity index (χ4v) is 4.23. The predicted octanol–water partition coefficient (Wildman–Crippen LogP) is 4.87. The van der Waals surface area contributed by atoms with Gasteiger partial charge in [0.1, 0.15) is 5.82 Å². The number of rotatable bonds is 4. The van der Waals surface area contributed by atoms with Crippen LogP contribution in [0, 0.1) is 19.7 Å². The molecule has 0 amide bonds. The summed E-state index contributed by atoms with van der Waals surface area (Å²) in [5, 5.41) is 6.48. The average Bonchev–Trinajstić information content (AvgIpc) is 2.82. The third-order valence-corrected chi connectivity index (χ3v) is 5.99. The van der Waals surface area contributed by atoms with Crippen LogP contribution in [0.5, 0.6) is 0 Å².